The van der Waals surface area contributed by atoms with Crippen LogP contribution in [0, 0.1) is 0 Å². The van der Waals surface area contributed by atoms with Gasteiger partial charge in [0.25, 0.3) is 11.8 Å². The van der Waals surface area contributed by atoms with Gasteiger partial charge in [-0.25, -0.2) is 4.79 Å². The lowest BCUT2D eigenvalue weighted by Gasteiger charge is -2.10. The van der Waals surface area contributed by atoms with Crippen LogP contribution in [-0.4, -0.2) is 33.1 Å². The minimum atomic E-state index is -1.11. The molecule has 0 bridgehead atoms. The maximum absolute atomic E-state index is 12.1. The number of phenolic OH excluding ortho intramolecular Hbond substituents is 1. The average molecular weight is 316 g/mol. The summed E-state index contributed by atoms with van der Waals surface area (Å²) < 4.78 is 0. The molecule has 0 saturated heterocycles. The third-order valence-corrected chi connectivity index (χ3v) is 2.99. The average Bonchev–Trinajstić information content (AvgIpc) is 2.49. The third kappa shape index (κ3) is 3.38. The van der Waals surface area contributed by atoms with Crippen LogP contribution in [-0.2, 0) is 0 Å². The van der Waals surface area contributed by atoms with E-state index in [1.54, 1.807) is 0 Å². The van der Waals surface area contributed by atoms with Crippen LogP contribution in [0.25, 0.3) is 0 Å². The molecular weight excluding hydrogens is 304 g/mol. The van der Waals surface area contributed by atoms with E-state index in [2.05, 4.69) is 5.32 Å². The summed E-state index contributed by atoms with van der Waals surface area (Å²) in [5.74, 6) is -3.99. The molecule has 0 heterocycles. The van der Waals surface area contributed by atoms with Gasteiger partial charge in [-0.05, 0) is 36.4 Å². The number of carboxylic acids is 1. The number of anilines is 1. The Kier molecular flexibility index (Phi) is 4.17. The van der Waals surface area contributed by atoms with Crippen molar-refractivity contribution in [2.24, 2.45) is 5.73 Å². The molecule has 6 N–H and O–H groups in total. The molecule has 0 atom stereocenters. The molecule has 118 valence electrons. The highest BCUT2D eigenvalue weighted by Crippen LogP contribution is 2.28. The Morgan fingerprint density at radius 2 is 1.52 bits per heavy atom. The van der Waals surface area contributed by atoms with Gasteiger partial charge in [0.2, 0.25) is 0 Å². The highest BCUT2D eigenvalue weighted by Gasteiger charge is 2.19. The molecule has 2 aromatic rings. The van der Waals surface area contributed by atoms with Crippen molar-refractivity contribution in [3.05, 3.63) is 53.1 Å². The minimum absolute atomic E-state index is 0.0409. The van der Waals surface area contributed by atoms with E-state index in [1.165, 1.54) is 24.3 Å². The highest BCUT2D eigenvalue weighted by atomic mass is 16.4. The van der Waals surface area contributed by atoms with Crippen LogP contribution in [0.15, 0.2) is 36.4 Å². The second kappa shape index (κ2) is 6.06. The summed E-state index contributed by atoms with van der Waals surface area (Å²) >= 11 is 0. The summed E-state index contributed by atoms with van der Waals surface area (Å²) in [6.07, 6.45) is 0. The number of carbonyl (C=O) groups excluding carboxylic acids is 2. The smallest absolute Gasteiger partial charge is 0.335 e. The minimum Gasteiger partial charge on any atom is -0.508 e. The summed E-state index contributed by atoms with van der Waals surface area (Å²) in [4.78, 5) is 34.0. The van der Waals surface area contributed by atoms with E-state index >= 15 is 0 Å². The van der Waals surface area contributed by atoms with Crippen molar-refractivity contribution in [2.45, 2.75) is 0 Å². The van der Waals surface area contributed by atoms with Gasteiger partial charge in [0.05, 0.1) is 16.7 Å². The molecule has 0 fully saturated rings. The molecule has 2 amide bonds. The van der Waals surface area contributed by atoms with Crippen molar-refractivity contribution >= 4 is 23.5 Å². The van der Waals surface area contributed by atoms with Crippen LogP contribution in [0.1, 0.15) is 31.1 Å². The van der Waals surface area contributed by atoms with E-state index in [1.807, 2.05) is 0 Å². The molecular formula is C15H12N2O6. The number of hydrogen-bond donors (Lipinski definition) is 5. The van der Waals surface area contributed by atoms with E-state index in [0.29, 0.717) is 0 Å². The van der Waals surface area contributed by atoms with E-state index in [4.69, 9.17) is 10.8 Å². The van der Waals surface area contributed by atoms with Crippen LogP contribution in [0.2, 0.25) is 0 Å². The van der Waals surface area contributed by atoms with Gasteiger partial charge in [-0.2, -0.15) is 0 Å². The zero-order chi connectivity index (χ0) is 17.1. The summed E-state index contributed by atoms with van der Waals surface area (Å²) in [7, 11) is 0. The number of benzene rings is 2. The molecule has 0 unspecified atom stereocenters. The highest BCUT2D eigenvalue weighted by molar-refractivity contribution is 6.09. The monoisotopic (exact) mass is 316 g/mol. The molecule has 8 heteroatoms. The number of primary amides is 1. The molecule has 0 aliphatic rings. The fourth-order valence-electron chi connectivity index (χ4n) is 1.87. The Labute approximate surface area is 129 Å². The van der Waals surface area contributed by atoms with Gasteiger partial charge < -0.3 is 26.4 Å². The molecule has 2 aromatic carbocycles. The molecule has 23 heavy (non-hydrogen) atoms. The number of amides is 2. The number of nitrogens with two attached hydrogens (primary N) is 1. The lowest BCUT2D eigenvalue weighted by Crippen LogP contribution is -2.16. The molecule has 0 radical (unpaired) electrons. The Bertz CT molecular complexity index is 798. The van der Waals surface area contributed by atoms with E-state index < -0.39 is 34.8 Å². The van der Waals surface area contributed by atoms with Gasteiger partial charge in [0.15, 0.2) is 0 Å². The van der Waals surface area contributed by atoms with Crippen molar-refractivity contribution in [1.29, 1.82) is 0 Å². The lowest BCUT2D eigenvalue weighted by molar-refractivity contribution is 0.0696. The SMILES string of the molecule is NC(=O)c1cc(O)cc(C(=O)Nc2ccc(C(=O)O)cc2)c1O. The number of hydrogen-bond acceptors (Lipinski definition) is 5. The number of carbonyl (C=O) groups is 3. The zero-order valence-corrected chi connectivity index (χ0v) is 11.6. The van der Waals surface area contributed by atoms with Crippen LogP contribution >= 0.6 is 0 Å². The standard InChI is InChI=1S/C15H12N2O6/c16-13(20)10-5-9(18)6-11(12(10)19)14(21)17-8-3-1-7(2-4-8)15(22)23/h1-6,18-19H,(H2,16,20)(H,17,21)(H,22,23). The van der Waals surface area contributed by atoms with Crippen molar-refractivity contribution < 1.29 is 29.7 Å². The fraction of sp³-hybridized carbons (Fsp3) is 0. The van der Waals surface area contributed by atoms with Gasteiger partial charge in [-0.15, -0.1) is 0 Å². The largest absolute Gasteiger partial charge is 0.508 e. The number of aromatic carboxylic acids is 1. The summed E-state index contributed by atoms with van der Waals surface area (Å²) in [6.45, 7) is 0. The topological polar surface area (TPSA) is 150 Å². The first-order chi connectivity index (χ1) is 10.8. The zero-order valence-electron chi connectivity index (χ0n) is 11.6. The van der Waals surface area contributed by atoms with Crippen LogP contribution in [0.3, 0.4) is 0 Å². The third-order valence-electron chi connectivity index (χ3n) is 2.99. The Balaban J connectivity index is 2.30. The quantitative estimate of drug-likeness (QED) is 0.534. The van der Waals surface area contributed by atoms with Crippen molar-refractivity contribution in [1.82, 2.24) is 0 Å². The fourth-order valence-corrected chi connectivity index (χ4v) is 1.87. The first kappa shape index (κ1) is 15.8. The lowest BCUT2D eigenvalue weighted by atomic mass is 10.1. The molecule has 2 rings (SSSR count). The van der Waals surface area contributed by atoms with Crippen molar-refractivity contribution in [2.75, 3.05) is 5.32 Å². The summed E-state index contributed by atoms with van der Waals surface area (Å²) in [5.41, 5.74) is 4.62. The summed E-state index contributed by atoms with van der Waals surface area (Å²) in [6, 6.07) is 7.20. The molecule has 0 aromatic heterocycles. The molecule has 0 spiro atoms. The number of rotatable bonds is 4. The van der Waals surface area contributed by atoms with Crippen molar-refractivity contribution in [3.63, 3.8) is 0 Å². The van der Waals surface area contributed by atoms with E-state index in [9.17, 15) is 24.6 Å². The molecule has 0 aliphatic carbocycles. The van der Waals surface area contributed by atoms with Crippen molar-refractivity contribution in [3.8, 4) is 11.5 Å². The second-order valence-electron chi connectivity index (χ2n) is 4.59. The van der Waals surface area contributed by atoms with Gasteiger partial charge in [-0.3, -0.25) is 9.59 Å². The van der Waals surface area contributed by atoms with Gasteiger partial charge in [0, 0.05) is 5.69 Å². The Morgan fingerprint density at radius 3 is 2.04 bits per heavy atom. The van der Waals surface area contributed by atoms with Crippen LogP contribution < -0.4 is 11.1 Å². The second-order valence-corrected chi connectivity index (χ2v) is 4.59. The van der Waals surface area contributed by atoms with E-state index in [-0.39, 0.29) is 16.8 Å². The van der Waals surface area contributed by atoms with Gasteiger partial charge in [-0.1, -0.05) is 0 Å². The van der Waals surface area contributed by atoms with Gasteiger partial charge >= 0.3 is 5.97 Å². The summed E-state index contributed by atoms with van der Waals surface area (Å²) in [5, 5.41) is 30.6. The number of nitrogens with one attached hydrogen (secondary N) is 1. The number of aromatic hydroxyl groups is 2. The van der Waals surface area contributed by atoms with Crippen LogP contribution in [0.4, 0.5) is 5.69 Å². The molecule has 8 nitrogen and oxygen atoms in total. The maximum atomic E-state index is 12.1. The molecule has 0 aliphatic heterocycles. The first-order valence-corrected chi connectivity index (χ1v) is 6.30. The predicted octanol–water partition coefficient (Wildman–Crippen LogP) is 1.15. The number of carboxylic acid groups (broad SMARTS) is 1. The first-order valence-electron chi connectivity index (χ1n) is 6.30. The van der Waals surface area contributed by atoms with Gasteiger partial charge in [0.1, 0.15) is 11.5 Å². The number of phenols is 2. The predicted molar refractivity (Wildman–Crippen MR) is 79.6 cm³/mol. The normalized spacial score (nSPS) is 10.1. The molecule has 0 saturated carbocycles. The van der Waals surface area contributed by atoms with E-state index in [0.717, 1.165) is 12.1 Å². The maximum Gasteiger partial charge on any atom is 0.335 e. The Hall–Kier alpha value is -3.55. The Morgan fingerprint density at radius 1 is 0.957 bits per heavy atom. The van der Waals surface area contributed by atoms with Crippen LogP contribution in [0.5, 0.6) is 11.5 Å².